The van der Waals surface area contributed by atoms with Crippen molar-refractivity contribution < 1.29 is 0 Å². The quantitative estimate of drug-likeness (QED) is 0.662. The van der Waals surface area contributed by atoms with E-state index < -0.39 is 0 Å². The van der Waals surface area contributed by atoms with Crippen molar-refractivity contribution >= 4 is 27.7 Å². The Morgan fingerprint density at radius 1 is 1.47 bits per heavy atom. The number of hydrogen-bond acceptors (Lipinski definition) is 6. The van der Waals surface area contributed by atoms with E-state index in [4.69, 9.17) is 5.84 Å². The Hall–Kier alpha value is -0.830. The van der Waals surface area contributed by atoms with Crippen LogP contribution >= 0.6 is 27.7 Å². The second-order valence-electron chi connectivity index (χ2n) is 3.85. The van der Waals surface area contributed by atoms with Crippen LogP contribution in [0.5, 0.6) is 0 Å². The van der Waals surface area contributed by atoms with Gasteiger partial charge in [0.1, 0.15) is 6.04 Å². The molecule has 8 heteroatoms. The molecule has 0 aromatic carbocycles. The molecule has 1 atom stereocenters. The van der Waals surface area contributed by atoms with Crippen LogP contribution in [0, 0.1) is 0 Å². The summed E-state index contributed by atoms with van der Waals surface area (Å²) < 4.78 is 11.0. The maximum Gasteiger partial charge on any atom is 0.109 e. The number of hydrogen-bond donors (Lipinski definition) is 2. The minimum atomic E-state index is -0.215. The zero-order valence-corrected chi connectivity index (χ0v) is 11.9. The van der Waals surface area contributed by atoms with Gasteiger partial charge in [-0.2, -0.15) is 13.8 Å². The summed E-state index contributed by atoms with van der Waals surface area (Å²) in [6.45, 7) is 4.13. The van der Waals surface area contributed by atoms with Gasteiger partial charge in [-0.25, -0.2) is 5.43 Å². The van der Waals surface area contributed by atoms with E-state index in [1.165, 1.54) is 0 Å². The Morgan fingerprint density at radius 2 is 2.24 bits per heavy atom. The van der Waals surface area contributed by atoms with Crippen LogP contribution in [0.3, 0.4) is 0 Å². The highest BCUT2D eigenvalue weighted by atomic mass is 79.9. The average Bonchev–Trinajstić information content (AvgIpc) is 2.91. The molecule has 0 radical (unpaired) electrons. The molecule has 2 aromatic heterocycles. The molecule has 0 bridgehead atoms. The van der Waals surface area contributed by atoms with Crippen LogP contribution in [-0.2, 0) is 0 Å². The van der Waals surface area contributed by atoms with Crippen LogP contribution in [0.15, 0.2) is 16.9 Å². The van der Waals surface area contributed by atoms with Crippen LogP contribution in [-0.4, -0.2) is 18.5 Å². The maximum absolute atomic E-state index is 5.62. The molecule has 2 heterocycles. The number of nitrogens with two attached hydrogens (primary N) is 1. The first-order chi connectivity index (χ1) is 8.15. The van der Waals surface area contributed by atoms with E-state index in [1.807, 2.05) is 4.68 Å². The topological polar surface area (TPSA) is 81.7 Å². The van der Waals surface area contributed by atoms with E-state index in [1.54, 1.807) is 12.4 Å². The van der Waals surface area contributed by atoms with Crippen LogP contribution < -0.4 is 11.3 Å². The zero-order chi connectivity index (χ0) is 12.4. The van der Waals surface area contributed by atoms with E-state index in [0.29, 0.717) is 0 Å². The van der Waals surface area contributed by atoms with Crippen molar-refractivity contribution in [1.82, 2.24) is 24.0 Å². The third-order valence-electron chi connectivity index (χ3n) is 2.39. The van der Waals surface area contributed by atoms with Crippen molar-refractivity contribution in [3.05, 3.63) is 28.3 Å². The normalized spacial score (nSPS) is 13.2. The van der Waals surface area contributed by atoms with Gasteiger partial charge in [-0.3, -0.25) is 10.5 Å². The Labute approximate surface area is 112 Å². The molecule has 0 spiro atoms. The van der Waals surface area contributed by atoms with Gasteiger partial charge in [-0.05, 0) is 29.8 Å². The largest absolute Gasteiger partial charge is 0.270 e. The van der Waals surface area contributed by atoms with E-state index in [0.717, 1.165) is 27.6 Å². The summed E-state index contributed by atoms with van der Waals surface area (Å²) in [7, 11) is 0. The van der Waals surface area contributed by atoms with Crippen LogP contribution in [0.4, 0.5) is 0 Å². The summed E-state index contributed by atoms with van der Waals surface area (Å²) in [5.74, 6) is 5.62. The first-order valence-corrected chi connectivity index (χ1v) is 6.64. The van der Waals surface area contributed by atoms with Crippen molar-refractivity contribution in [2.24, 2.45) is 5.84 Å². The molecule has 92 valence electrons. The number of aromatic nitrogens is 4. The fourth-order valence-electron chi connectivity index (χ4n) is 1.64. The Kier molecular flexibility index (Phi) is 3.87. The molecule has 3 N–H and O–H groups in total. The molecule has 1 unspecified atom stereocenters. The molecular weight excluding hydrogens is 304 g/mol. The van der Waals surface area contributed by atoms with E-state index >= 15 is 0 Å². The fraction of sp³-hybridized carbons (Fsp3) is 0.444. The van der Waals surface area contributed by atoms with Gasteiger partial charge >= 0.3 is 0 Å². The summed E-state index contributed by atoms with van der Waals surface area (Å²) in [6.07, 6.45) is 3.47. The van der Waals surface area contributed by atoms with Crippen molar-refractivity contribution in [3.63, 3.8) is 0 Å². The zero-order valence-electron chi connectivity index (χ0n) is 9.46. The molecule has 17 heavy (non-hydrogen) atoms. The second kappa shape index (κ2) is 5.21. The Morgan fingerprint density at radius 3 is 2.76 bits per heavy atom. The molecule has 2 rings (SSSR count). The molecule has 0 aliphatic rings. The lowest BCUT2D eigenvalue weighted by molar-refractivity contribution is 0.472. The average molecular weight is 317 g/mol. The molecule has 0 saturated carbocycles. The van der Waals surface area contributed by atoms with Gasteiger partial charge in [-0.15, -0.1) is 0 Å². The Balaban J connectivity index is 2.47. The van der Waals surface area contributed by atoms with Crippen LogP contribution in [0.2, 0.25) is 0 Å². The van der Waals surface area contributed by atoms with Gasteiger partial charge in [-0.1, -0.05) is 0 Å². The molecule has 0 aliphatic heterocycles. The number of halogens is 1. The molecule has 6 nitrogen and oxygen atoms in total. The van der Waals surface area contributed by atoms with Gasteiger partial charge in [0, 0.05) is 6.04 Å². The molecule has 0 saturated heterocycles. The van der Waals surface area contributed by atoms with Crippen LogP contribution in [0.25, 0.3) is 0 Å². The summed E-state index contributed by atoms with van der Waals surface area (Å²) in [6, 6.07) is 0.0340. The molecule has 0 aliphatic carbocycles. The summed E-state index contributed by atoms with van der Waals surface area (Å²) in [5, 5.41) is 4.32. The second-order valence-corrected chi connectivity index (χ2v) is 5.26. The van der Waals surface area contributed by atoms with Gasteiger partial charge in [0.05, 0.1) is 40.0 Å². The predicted molar refractivity (Wildman–Crippen MR) is 69.4 cm³/mol. The highest BCUT2D eigenvalue weighted by Gasteiger charge is 2.23. The van der Waals surface area contributed by atoms with Crippen molar-refractivity contribution in [3.8, 4) is 0 Å². The standard InChI is InChI=1S/C9H13BrN6S/c1-5(2)16-9(6(10)3-12-16)8(14-11)7-4-13-17-15-7/h3-5,8,14H,11H2,1-2H3. The van der Waals surface area contributed by atoms with E-state index in [-0.39, 0.29) is 12.1 Å². The molecule has 0 amide bonds. The molecule has 0 fully saturated rings. The molecular formula is C9H13BrN6S. The minimum absolute atomic E-state index is 0.215. The molecule has 2 aromatic rings. The summed E-state index contributed by atoms with van der Waals surface area (Å²) in [4.78, 5) is 0. The maximum atomic E-state index is 5.62. The van der Waals surface area contributed by atoms with Gasteiger partial charge in [0.25, 0.3) is 0 Å². The van der Waals surface area contributed by atoms with E-state index in [2.05, 4.69) is 49.0 Å². The van der Waals surface area contributed by atoms with E-state index in [9.17, 15) is 0 Å². The highest BCUT2D eigenvalue weighted by Crippen LogP contribution is 2.29. The van der Waals surface area contributed by atoms with Crippen molar-refractivity contribution in [1.29, 1.82) is 0 Å². The van der Waals surface area contributed by atoms with Gasteiger partial charge in [0.15, 0.2) is 0 Å². The summed E-state index contributed by atoms with van der Waals surface area (Å²) >= 11 is 4.65. The SMILES string of the molecule is CC(C)n1ncc(Br)c1C(NN)c1cnsn1. The number of nitrogens with one attached hydrogen (secondary N) is 1. The minimum Gasteiger partial charge on any atom is -0.270 e. The predicted octanol–water partition coefficient (Wildman–Crippen LogP) is 1.63. The summed E-state index contributed by atoms with van der Waals surface area (Å²) in [5.41, 5.74) is 4.50. The lowest BCUT2D eigenvalue weighted by atomic mass is 10.1. The fourth-order valence-corrected chi connectivity index (χ4v) is 2.59. The number of hydrazine groups is 1. The third kappa shape index (κ3) is 2.39. The smallest absolute Gasteiger partial charge is 0.109 e. The number of rotatable bonds is 4. The monoisotopic (exact) mass is 316 g/mol. The third-order valence-corrected chi connectivity index (χ3v) is 3.49. The van der Waals surface area contributed by atoms with Crippen LogP contribution in [0.1, 0.15) is 37.3 Å². The van der Waals surface area contributed by atoms with Crippen molar-refractivity contribution in [2.75, 3.05) is 0 Å². The van der Waals surface area contributed by atoms with Gasteiger partial charge < -0.3 is 0 Å². The Bertz CT molecular complexity index is 480. The first kappa shape index (κ1) is 12.6. The first-order valence-electron chi connectivity index (χ1n) is 5.11. The van der Waals surface area contributed by atoms with Gasteiger partial charge in [0.2, 0.25) is 0 Å². The lowest BCUT2D eigenvalue weighted by Crippen LogP contribution is -2.31. The highest BCUT2D eigenvalue weighted by molar-refractivity contribution is 9.10. The number of nitrogens with zero attached hydrogens (tertiary/aromatic N) is 4. The lowest BCUT2D eigenvalue weighted by Gasteiger charge is -2.18. The van der Waals surface area contributed by atoms with Crippen molar-refractivity contribution in [2.45, 2.75) is 25.9 Å².